The molecule has 108 valence electrons. The zero-order chi connectivity index (χ0) is 14.0. The van der Waals surface area contributed by atoms with Gasteiger partial charge in [-0.15, -0.1) is 0 Å². The van der Waals surface area contributed by atoms with Gasteiger partial charge in [0.15, 0.2) is 0 Å². The molecule has 2 aliphatic heterocycles. The summed E-state index contributed by atoms with van der Waals surface area (Å²) in [6.45, 7) is 4.53. The van der Waals surface area contributed by atoms with E-state index in [1.165, 1.54) is 6.20 Å². The molecule has 0 saturated carbocycles. The fraction of sp³-hybridized carbons (Fsp3) is 0.667. The van der Waals surface area contributed by atoms with Crippen LogP contribution >= 0.6 is 0 Å². The van der Waals surface area contributed by atoms with E-state index in [1.807, 2.05) is 4.90 Å². The van der Waals surface area contributed by atoms with E-state index in [0.717, 1.165) is 38.8 Å². The summed E-state index contributed by atoms with van der Waals surface area (Å²) >= 11 is 0. The molecule has 1 amide bonds. The number of amides is 1. The lowest BCUT2D eigenvalue weighted by molar-refractivity contribution is -0.0451. The van der Waals surface area contributed by atoms with Crippen molar-refractivity contribution in [3.8, 4) is 0 Å². The summed E-state index contributed by atoms with van der Waals surface area (Å²) in [4.78, 5) is 22.4. The summed E-state index contributed by atoms with van der Waals surface area (Å²) in [6, 6.07) is 0. The number of ether oxygens (including phenoxy) is 1. The largest absolute Gasteiger partial charge is 0.373 e. The molecule has 1 spiro atoms. The topological polar surface area (TPSA) is 55.3 Å². The summed E-state index contributed by atoms with van der Waals surface area (Å²) in [7, 11) is 0. The number of carbonyl (C=O) groups excluding carboxylic acids is 1. The van der Waals surface area contributed by atoms with E-state index in [2.05, 4.69) is 16.9 Å². The quantitative estimate of drug-likeness (QED) is 0.827. The van der Waals surface area contributed by atoms with Gasteiger partial charge >= 0.3 is 0 Å². The number of hydrogen-bond donors (Lipinski definition) is 0. The first-order chi connectivity index (χ1) is 9.72. The molecule has 0 unspecified atom stereocenters. The highest BCUT2D eigenvalue weighted by Gasteiger charge is 2.44. The minimum atomic E-state index is -0.114. The lowest BCUT2D eigenvalue weighted by Gasteiger charge is -2.39. The molecule has 0 aromatic carbocycles. The molecule has 5 nitrogen and oxygen atoms in total. The van der Waals surface area contributed by atoms with E-state index in [1.54, 1.807) is 12.4 Å². The van der Waals surface area contributed by atoms with Crippen LogP contribution in [0.2, 0.25) is 0 Å². The Morgan fingerprint density at radius 2 is 2.45 bits per heavy atom. The van der Waals surface area contributed by atoms with Gasteiger partial charge in [-0.1, -0.05) is 13.3 Å². The van der Waals surface area contributed by atoms with E-state index in [4.69, 9.17) is 4.74 Å². The summed E-state index contributed by atoms with van der Waals surface area (Å²) in [5.74, 6) is 0.613. The minimum Gasteiger partial charge on any atom is -0.373 e. The third kappa shape index (κ3) is 2.54. The molecule has 0 aliphatic carbocycles. The number of rotatable bonds is 2. The Bertz CT molecular complexity index is 479. The van der Waals surface area contributed by atoms with Crippen molar-refractivity contribution in [1.29, 1.82) is 0 Å². The number of piperidine rings is 1. The second kappa shape index (κ2) is 5.48. The molecule has 20 heavy (non-hydrogen) atoms. The van der Waals surface area contributed by atoms with Crippen LogP contribution < -0.4 is 0 Å². The smallest absolute Gasteiger partial charge is 0.274 e. The second-order valence-electron chi connectivity index (χ2n) is 5.89. The maximum absolute atomic E-state index is 12.5. The van der Waals surface area contributed by atoms with Gasteiger partial charge in [-0.25, -0.2) is 4.98 Å². The van der Waals surface area contributed by atoms with Crippen molar-refractivity contribution in [2.45, 2.75) is 38.2 Å². The van der Waals surface area contributed by atoms with Crippen LogP contribution in [0.15, 0.2) is 18.6 Å². The van der Waals surface area contributed by atoms with Crippen molar-refractivity contribution in [2.24, 2.45) is 5.92 Å². The van der Waals surface area contributed by atoms with Crippen LogP contribution in [0.5, 0.6) is 0 Å². The molecule has 0 radical (unpaired) electrons. The fourth-order valence-electron chi connectivity index (χ4n) is 3.33. The summed E-state index contributed by atoms with van der Waals surface area (Å²) in [5.41, 5.74) is 0.311. The number of carbonyl (C=O) groups is 1. The molecule has 1 aromatic rings. The van der Waals surface area contributed by atoms with E-state index < -0.39 is 0 Å². The predicted molar refractivity (Wildman–Crippen MR) is 74.3 cm³/mol. The van der Waals surface area contributed by atoms with Gasteiger partial charge in [-0.05, 0) is 25.2 Å². The Labute approximate surface area is 119 Å². The normalized spacial score (nSPS) is 29.9. The molecule has 3 heterocycles. The van der Waals surface area contributed by atoms with Crippen molar-refractivity contribution >= 4 is 5.91 Å². The van der Waals surface area contributed by atoms with Crippen molar-refractivity contribution in [3.63, 3.8) is 0 Å². The Hall–Kier alpha value is -1.49. The Morgan fingerprint density at radius 3 is 3.15 bits per heavy atom. The monoisotopic (exact) mass is 275 g/mol. The number of likely N-dealkylation sites (tertiary alicyclic amines) is 1. The Balaban J connectivity index is 1.71. The third-order valence-corrected chi connectivity index (χ3v) is 4.47. The van der Waals surface area contributed by atoms with Crippen molar-refractivity contribution in [3.05, 3.63) is 24.3 Å². The standard InChI is InChI=1S/C15H21N3O2/c1-2-12-8-15(20-10-12)4-3-7-18(11-15)14(19)13-9-16-5-6-17-13/h5-6,9,12H,2-4,7-8,10-11H2,1H3/t12-,15-/m0/s1. The first kappa shape index (κ1) is 13.5. The van der Waals surface area contributed by atoms with Crippen molar-refractivity contribution < 1.29 is 9.53 Å². The molecular weight excluding hydrogens is 254 g/mol. The molecule has 3 rings (SSSR count). The van der Waals surface area contributed by atoms with Gasteiger partial charge in [-0.2, -0.15) is 0 Å². The van der Waals surface area contributed by atoms with Crippen LogP contribution in [-0.4, -0.2) is 46.1 Å². The van der Waals surface area contributed by atoms with Gasteiger partial charge in [0, 0.05) is 18.9 Å². The molecule has 2 atom stereocenters. The summed E-state index contributed by atoms with van der Waals surface area (Å²) in [6.07, 6.45) is 8.98. The zero-order valence-corrected chi connectivity index (χ0v) is 11.9. The average Bonchev–Trinajstić information content (AvgIpc) is 2.90. The predicted octanol–water partition coefficient (Wildman–Crippen LogP) is 1.90. The maximum Gasteiger partial charge on any atom is 0.274 e. The number of nitrogens with zero attached hydrogens (tertiary/aromatic N) is 3. The highest BCUT2D eigenvalue weighted by molar-refractivity contribution is 5.92. The molecule has 2 saturated heterocycles. The number of hydrogen-bond acceptors (Lipinski definition) is 4. The van der Waals surface area contributed by atoms with Gasteiger partial charge in [0.05, 0.1) is 24.9 Å². The maximum atomic E-state index is 12.5. The molecule has 2 fully saturated rings. The van der Waals surface area contributed by atoms with Gasteiger partial charge in [0.2, 0.25) is 0 Å². The zero-order valence-electron chi connectivity index (χ0n) is 11.9. The van der Waals surface area contributed by atoms with Crippen LogP contribution in [0, 0.1) is 5.92 Å². The first-order valence-electron chi connectivity index (χ1n) is 7.42. The van der Waals surface area contributed by atoms with E-state index >= 15 is 0 Å². The average molecular weight is 275 g/mol. The third-order valence-electron chi connectivity index (χ3n) is 4.47. The lowest BCUT2D eigenvalue weighted by atomic mass is 9.86. The second-order valence-corrected chi connectivity index (χ2v) is 5.89. The first-order valence-corrected chi connectivity index (χ1v) is 7.42. The summed E-state index contributed by atoms with van der Waals surface area (Å²) in [5, 5.41) is 0. The SMILES string of the molecule is CC[C@@H]1CO[C@@]2(CCCN(C(=O)c3cnccn3)C2)C1. The van der Waals surface area contributed by atoms with Crippen LogP contribution in [0.4, 0.5) is 0 Å². The molecule has 0 bridgehead atoms. The summed E-state index contributed by atoms with van der Waals surface area (Å²) < 4.78 is 6.07. The highest BCUT2D eigenvalue weighted by Crippen LogP contribution is 2.38. The van der Waals surface area contributed by atoms with Crippen LogP contribution in [0.25, 0.3) is 0 Å². The van der Waals surface area contributed by atoms with Gasteiger partial charge in [0.1, 0.15) is 5.69 Å². The molecular formula is C15H21N3O2. The lowest BCUT2D eigenvalue weighted by Crippen LogP contribution is -2.50. The van der Waals surface area contributed by atoms with Crippen molar-refractivity contribution in [1.82, 2.24) is 14.9 Å². The molecule has 0 N–H and O–H groups in total. The molecule has 2 aliphatic rings. The fourth-order valence-corrected chi connectivity index (χ4v) is 3.33. The number of aromatic nitrogens is 2. The van der Waals surface area contributed by atoms with Gasteiger partial charge in [0.25, 0.3) is 5.91 Å². The Kier molecular flexibility index (Phi) is 3.70. The Morgan fingerprint density at radius 1 is 1.55 bits per heavy atom. The highest BCUT2D eigenvalue weighted by atomic mass is 16.5. The van der Waals surface area contributed by atoms with Crippen molar-refractivity contribution in [2.75, 3.05) is 19.7 Å². The van der Waals surface area contributed by atoms with E-state index in [-0.39, 0.29) is 11.5 Å². The van der Waals surface area contributed by atoms with E-state index in [0.29, 0.717) is 18.2 Å². The molecule has 1 aromatic heterocycles. The van der Waals surface area contributed by atoms with Crippen LogP contribution in [-0.2, 0) is 4.74 Å². The van der Waals surface area contributed by atoms with E-state index in [9.17, 15) is 4.79 Å². The molecule has 5 heteroatoms. The minimum absolute atomic E-state index is 0.0271. The van der Waals surface area contributed by atoms with Crippen LogP contribution in [0.3, 0.4) is 0 Å². The van der Waals surface area contributed by atoms with Gasteiger partial charge in [-0.3, -0.25) is 9.78 Å². The van der Waals surface area contributed by atoms with Crippen LogP contribution in [0.1, 0.15) is 43.1 Å². The van der Waals surface area contributed by atoms with Gasteiger partial charge < -0.3 is 9.64 Å².